The zero-order chi connectivity index (χ0) is 12.0. The standard InChI is InChI=1S/C10H19N5O/c1-4-7(2)11-5-9(16)14-8(3)10-12-6-13-15-10/h6-8,11H,4-5H2,1-3H3,(H,14,16)(H,12,13,15). The van der Waals surface area contributed by atoms with Crippen molar-refractivity contribution in [3.05, 3.63) is 12.2 Å². The van der Waals surface area contributed by atoms with Crippen molar-refractivity contribution < 1.29 is 4.79 Å². The zero-order valence-electron chi connectivity index (χ0n) is 9.95. The van der Waals surface area contributed by atoms with E-state index in [1.165, 1.54) is 6.33 Å². The van der Waals surface area contributed by atoms with Crippen LogP contribution in [0.2, 0.25) is 0 Å². The molecule has 3 N–H and O–H groups in total. The van der Waals surface area contributed by atoms with Crippen LogP contribution in [-0.4, -0.2) is 33.7 Å². The summed E-state index contributed by atoms with van der Waals surface area (Å²) in [7, 11) is 0. The lowest BCUT2D eigenvalue weighted by molar-refractivity contribution is -0.121. The van der Waals surface area contributed by atoms with Gasteiger partial charge >= 0.3 is 0 Å². The molecule has 1 rings (SSSR count). The topological polar surface area (TPSA) is 82.7 Å². The Labute approximate surface area is 95.2 Å². The molecule has 90 valence electrons. The minimum atomic E-state index is -0.145. The highest BCUT2D eigenvalue weighted by atomic mass is 16.2. The van der Waals surface area contributed by atoms with Gasteiger partial charge in [-0.25, -0.2) is 4.98 Å². The molecule has 16 heavy (non-hydrogen) atoms. The SMILES string of the molecule is CCC(C)NCC(=O)NC(C)c1ncn[nH]1. The molecule has 0 aliphatic carbocycles. The molecular weight excluding hydrogens is 206 g/mol. The molecule has 0 saturated heterocycles. The van der Waals surface area contributed by atoms with Gasteiger partial charge in [0, 0.05) is 6.04 Å². The summed E-state index contributed by atoms with van der Waals surface area (Å²) in [6.45, 7) is 6.31. The van der Waals surface area contributed by atoms with Crippen molar-refractivity contribution in [2.24, 2.45) is 0 Å². The predicted octanol–water partition coefficient (Wildman–Crippen LogP) is 0.370. The minimum absolute atomic E-state index is 0.0378. The van der Waals surface area contributed by atoms with Crippen LogP contribution >= 0.6 is 0 Å². The molecule has 0 saturated carbocycles. The number of amides is 1. The molecule has 0 aliphatic heterocycles. The van der Waals surface area contributed by atoms with E-state index in [2.05, 4.69) is 32.7 Å². The molecule has 1 amide bonds. The first-order chi connectivity index (χ1) is 7.63. The highest BCUT2D eigenvalue weighted by Crippen LogP contribution is 2.02. The second kappa shape index (κ2) is 6.22. The van der Waals surface area contributed by atoms with Crippen LogP contribution in [0, 0.1) is 0 Å². The first kappa shape index (κ1) is 12.6. The van der Waals surface area contributed by atoms with Gasteiger partial charge in [0.05, 0.1) is 12.6 Å². The average molecular weight is 225 g/mol. The smallest absolute Gasteiger partial charge is 0.234 e. The van der Waals surface area contributed by atoms with Crippen LogP contribution in [0.15, 0.2) is 6.33 Å². The Hall–Kier alpha value is -1.43. The Morgan fingerprint density at radius 1 is 1.56 bits per heavy atom. The number of aromatic nitrogens is 3. The minimum Gasteiger partial charge on any atom is -0.345 e. The summed E-state index contributed by atoms with van der Waals surface area (Å²) in [6, 6.07) is 0.208. The second-order valence-electron chi connectivity index (χ2n) is 3.85. The van der Waals surface area contributed by atoms with Crippen molar-refractivity contribution in [3.8, 4) is 0 Å². The number of carbonyl (C=O) groups is 1. The first-order valence-corrected chi connectivity index (χ1v) is 5.51. The molecule has 0 bridgehead atoms. The van der Waals surface area contributed by atoms with Crippen LogP contribution in [0.5, 0.6) is 0 Å². The summed E-state index contributed by atoms with van der Waals surface area (Å²) in [6.07, 6.45) is 2.43. The van der Waals surface area contributed by atoms with Gasteiger partial charge in [-0.05, 0) is 20.3 Å². The summed E-state index contributed by atoms with van der Waals surface area (Å²) < 4.78 is 0. The third kappa shape index (κ3) is 3.98. The monoisotopic (exact) mass is 225 g/mol. The molecule has 6 nitrogen and oxygen atoms in total. The first-order valence-electron chi connectivity index (χ1n) is 5.51. The number of H-pyrrole nitrogens is 1. The van der Waals surface area contributed by atoms with Crippen molar-refractivity contribution in [1.29, 1.82) is 0 Å². The summed E-state index contributed by atoms with van der Waals surface area (Å²) in [5, 5.41) is 12.4. The van der Waals surface area contributed by atoms with Gasteiger partial charge in [0.25, 0.3) is 0 Å². The lowest BCUT2D eigenvalue weighted by Gasteiger charge is -2.14. The zero-order valence-corrected chi connectivity index (χ0v) is 9.95. The molecule has 0 aliphatic rings. The number of aromatic amines is 1. The maximum Gasteiger partial charge on any atom is 0.234 e. The Balaban J connectivity index is 2.29. The molecule has 2 atom stereocenters. The fourth-order valence-corrected chi connectivity index (χ4v) is 1.20. The number of hydrogen-bond acceptors (Lipinski definition) is 4. The molecule has 0 fully saturated rings. The van der Waals surface area contributed by atoms with Crippen molar-refractivity contribution in [2.75, 3.05) is 6.54 Å². The Morgan fingerprint density at radius 3 is 2.88 bits per heavy atom. The second-order valence-corrected chi connectivity index (χ2v) is 3.85. The summed E-state index contributed by atoms with van der Waals surface area (Å²) in [5.41, 5.74) is 0. The van der Waals surface area contributed by atoms with Gasteiger partial charge in [-0.15, -0.1) is 0 Å². The summed E-state index contributed by atoms with van der Waals surface area (Å²) >= 11 is 0. The normalized spacial score (nSPS) is 14.4. The highest BCUT2D eigenvalue weighted by molar-refractivity contribution is 5.78. The molecule has 0 aromatic carbocycles. The van der Waals surface area contributed by atoms with Crippen LogP contribution in [0.4, 0.5) is 0 Å². The number of rotatable bonds is 6. The molecule has 0 radical (unpaired) electrons. The molecule has 2 unspecified atom stereocenters. The van der Waals surface area contributed by atoms with E-state index in [0.29, 0.717) is 18.4 Å². The maximum absolute atomic E-state index is 11.5. The molecule has 6 heteroatoms. The van der Waals surface area contributed by atoms with Gasteiger partial charge in [0.2, 0.25) is 5.91 Å². The van der Waals surface area contributed by atoms with Crippen LogP contribution in [-0.2, 0) is 4.79 Å². The maximum atomic E-state index is 11.5. The number of hydrogen-bond donors (Lipinski definition) is 3. The van der Waals surface area contributed by atoms with Gasteiger partial charge in [-0.2, -0.15) is 5.10 Å². The van der Waals surface area contributed by atoms with E-state index < -0.39 is 0 Å². The molecule has 0 spiro atoms. The summed E-state index contributed by atoms with van der Waals surface area (Å²) in [4.78, 5) is 15.5. The van der Waals surface area contributed by atoms with Gasteiger partial charge in [-0.3, -0.25) is 9.89 Å². The van der Waals surface area contributed by atoms with Crippen molar-refractivity contribution >= 4 is 5.91 Å². The van der Waals surface area contributed by atoms with Gasteiger partial charge in [-0.1, -0.05) is 6.92 Å². The quantitative estimate of drug-likeness (QED) is 0.653. The fraction of sp³-hybridized carbons (Fsp3) is 0.700. The van der Waals surface area contributed by atoms with Crippen LogP contribution < -0.4 is 10.6 Å². The molecule has 1 heterocycles. The predicted molar refractivity (Wildman–Crippen MR) is 60.7 cm³/mol. The van der Waals surface area contributed by atoms with E-state index in [0.717, 1.165) is 6.42 Å². The lowest BCUT2D eigenvalue weighted by atomic mass is 10.2. The largest absolute Gasteiger partial charge is 0.345 e. The number of nitrogens with one attached hydrogen (secondary N) is 3. The van der Waals surface area contributed by atoms with Gasteiger partial charge in [0.1, 0.15) is 12.2 Å². The van der Waals surface area contributed by atoms with Gasteiger partial charge in [0.15, 0.2) is 0 Å². The van der Waals surface area contributed by atoms with Crippen LogP contribution in [0.1, 0.15) is 39.1 Å². The summed E-state index contributed by atoms with van der Waals surface area (Å²) in [5.74, 6) is 0.626. The molecule has 1 aromatic rings. The van der Waals surface area contributed by atoms with Gasteiger partial charge < -0.3 is 10.6 Å². The number of carbonyl (C=O) groups excluding carboxylic acids is 1. The fourth-order valence-electron chi connectivity index (χ4n) is 1.20. The average Bonchev–Trinajstić information content (AvgIpc) is 2.79. The van der Waals surface area contributed by atoms with Crippen molar-refractivity contribution in [3.63, 3.8) is 0 Å². The van der Waals surface area contributed by atoms with E-state index in [-0.39, 0.29) is 11.9 Å². The van der Waals surface area contributed by atoms with E-state index in [9.17, 15) is 4.79 Å². The van der Waals surface area contributed by atoms with Crippen LogP contribution in [0.3, 0.4) is 0 Å². The lowest BCUT2D eigenvalue weighted by Crippen LogP contribution is -2.38. The van der Waals surface area contributed by atoms with E-state index in [1.807, 2.05) is 13.8 Å². The Kier molecular flexibility index (Phi) is 4.91. The van der Waals surface area contributed by atoms with E-state index >= 15 is 0 Å². The number of nitrogens with zero attached hydrogens (tertiary/aromatic N) is 2. The highest BCUT2D eigenvalue weighted by Gasteiger charge is 2.11. The Bertz CT molecular complexity index is 311. The van der Waals surface area contributed by atoms with Crippen molar-refractivity contribution in [1.82, 2.24) is 25.8 Å². The van der Waals surface area contributed by atoms with E-state index in [1.54, 1.807) is 0 Å². The Morgan fingerprint density at radius 2 is 2.31 bits per heavy atom. The molecular formula is C10H19N5O. The van der Waals surface area contributed by atoms with Crippen LogP contribution in [0.25, 0.3) is 0 Å². The third-order valence-electron chi connectivity index (χ3n) is 2.44. The van der Waals surface area contributed by atoms with E-state index in [4.69, 9.17) is 0 Å². The third-order valence-corrected chi connectivity index (χ3v) is 2.44. The van der Waals surface area contributed by atoms with Crippen molar-refractivity contribution in [2.45, 2.75) is 39.3 Å². The molecule has 1 aromatic heterocycles.